The van der Waals surface area contributed by atoms with Crippen LogP contribution in [0, 0.1) is 11.8 Å². The van der Waals surface area contributed by atoms with Gasteiger partial charge in [0, 0.05) is 23.0 Å². The van der Waals surface area contributed by atoms with Crippen molar-refractivity contribution in [2.24, 2.45) is 11.8 Å². The summed E-state index contributed by atoms with van der Waals surface area (Å²) >= 11 is 0. The lowest BCUT2D eigenvalue weighted by Gasteiger charge is -2.24. The second kappa shape index (κ2) is 4.17. The molecule has 4 nitrogen and oxygen atoms in total. The highest BCUT2D eigenvalue weighted by molar-refractivity contribution is 6.09. The van der Waals surface area contributed by atoms with Crippen molar-refractivity contribution in [2.75, 3.05) is 6.61 Å². The molecule has 3 rings (SSSR count). The number of aliphatic hydroxyl groups excluding tert-OH is 1. The molecule has 1 N–H and O–H groups in total. The number of rotatable bonds is 1. The number of aliphatic hydroxyl groups is 1. The molecular formula is C15H16O4. The third-order valence-electron chi connectivity index (χ3n) is 4.44. The zero-order chi connectivity index (χ0) is 13.7. The van der Waals surface area contributed by atoms with Gasteiger partial charge in [-0.05, 0) is 31.4 Å². The quantitative estimate of drug-likeness (QED) is 0.570. The second-order valence-corrected chi connectivity index (χ2v) is 5.45. The van der Waals surface area contributed by atoms with Gasteiger partial charge in [0.05, 0.1) is 6.61 Å². The molecule has 0 amide bonds. The smallest absolute Gasteiger partial charge is 0.334 e. The largest absolute Gasteiger partial charge is 0.457 e. The van der Waals surface area contributed by atoms with Crippen LogP contribution in [0.2, 0.25) is 0 Å². The van der Waals surface area contributed by atoms with E-state index < -0.39 is 0 Å². The molecular weight excluding hydrogens is 244 g/mol. The lowest BCUT2D eigenvalue weighted by Crippen LogP contribution is -2.28. The Morgan fingerprint density at radius 3 is 2.89 bits per heavy atom. The van der Waals surface area contributed by atoms with E-state index in [1.54, 1.807) is 0 Å². The molecule has 0 radical (unpaired) electrons. The molecule has 0 unspecified atom stereocenters. The summed E-state index contributed by atoms with van der Waals surface area (Å²) < 4.78 is 5.42. The van der Waals surface area contributed by atoms with Crippen molar-refractivity contribution in [2.45, 2.75) is 25.9 Å². The highest BCUT2D eigenvalue weighted by Gasteiger charge is 2.49. The molecule has 4 heteroatoms. The van der Waals surface area contributed by atoms with Gasteiger partial charge in [-0.1, -0.05) is 12.2 Å². The molecule has 1 saturated heterocycles. The van der Waals surface area contributed by atoms with E-state index in [0.717, 1.165) is 18.4 Å². The number of hydrogen-bond donors (Lipinski definition) is 1. The van der Waals surface area contributed by atoms with E-state index in [1.165, 1.54) is 6.08 Å². The van der Waals surface area contributed by atoms with Crippen LogP contribution in [0.1, 0.15) is 19.8 Å². The summed E-state index contributed by atoms with van der Waals surface area (Å²) in [4.78, 5) is 23.8. The SMILES string of the molecule is C=C1C(=O)O[C@@H]2[C@@H]3C(CO)=CC(=O)C3=C(C)CC[C@@H]12. The third-order valence-corrected chi connectivity index (χ3v) is 4.44. The van der Waals surface area contributed by atoms with Crippen molar-refractivity contribution >= 4 is 11.8 Å². The Kier molecular flexibility index (Phi) is 2.71. The Balaban J connectivity index is 2.09. The number of esters is 1. The standard InChI is InChI=1S/C15H16O4/c1-7-3-4-10-8(2)15(18)19-14(10)13-9(6-16)5-11(17)12(7)13/h5,10,13-14,16H,2-4,6H2,1H3/t10-,13+,14-/m0/s1. The number of allylic oxidation sites excluding steroid dienone is 2. The Morgan fingerprint density at radius 1 is 1.47 bits per heavy atom. The predicted molar refractivity (Wildman–Crippen MR) is 68.1 cm³/mol. The minimum absolute atomic E-state index is 0.0502. The second-order valence-electron chi connectivity index (χ2n) is 5.45. The summed E-state index contributed by atoms with van der Waals surface area (Å²) in [7, 11) is 0. The van der Waals surface area contributed by atoms with Crippen molar-refractivity contribution in [3.8, 4) is 0 Å². The summed E-state index contributed by atoms with van der Waals surface area (Å²) in [5.41, 5.74) is 2.89. The molecule has 0 saturated carbocycles. The molecule has 1 aliphatic heterocycles. The highest BCUT2D eigenvalue weighted by Crippen LogP contribution is 2.47. The fourth-order valence-corrected chi connectivity index (χ4v) is 3.45. The van der Waals surface area contributed by atoms with Gasteiger partial charge in [-0.2, -0.15) is 0 Å². The molecule has 0 aromatic rings. The fourth-order valence-electron chi connectivity index (χ4n) is 3.45. The van der Waals surface area contributed by atoms with Crippen molar-refractivity contribution < 1.29 is 19.4 Å². The van der Waals surface area contributed by atoms with Crippen LogP contribution in [-0.4, -0.2) is 29.6 Å². The van der Waals surface area contributed by atoms with Gasteiger partial charge in [-0.3, -0.25) is 4.79 Å². The molecule has 0 aromatic carbocycles. The molecule has 0 bridgehead atoms. The summed E-state index contributed by atoms with van der Waals surface area (Å²) in [5.74, 6) is -0.759. The first kappa shape index (κ1) is 12.4. The van der Waals surface area contributed by atoms with Gasteiger partial charge in [0.1, 0.15) is 6.10 Å². The van der Waals surface area contributed by atoms with Crippen molar-refractivity contribution in [3.05, 3.63) is 34.9 Å². The summed E-state index contributed by atoms with van der Waals surface area (Å²) in [6.07, 6.45) is 2.65. The third kappa shape index (κ3) is 1.63. The van der Waals surface area contributed by atoms with Crippen LogP contribution in [0.5, 0.6) is 0 Å². The molecule has 0 aromatic heterocycles. The molecule has 1 fully saturated rings. The molecule has 1 heterocycles. The van der Waals surface area contributed by atoms with Crippen LogP contribution in [-0.2, 0) is 14.3 Å². The Morgan fingerprint density at radius 2 is 2.21 bits per heavy atom. The van der Waals surface area contributed by atoms with Crippen LogP contribution in [0.4, 0.5) is 0 Å². The number of fused-ring (bicyclic) bond motifs is 3. The molecule has 3 atom stereocenters. The molecule has 3 aliphatic rings. The number of hydrogen-bond acceptors (Lipinski definition) is 4. The predicted octanol–water partition coefficient (Wildman–Crippen LogP) is 1.31. The maximum atomic E-state index is 12.1. The van der Waals surface area contributed by atoms with Gasteiger partial charge in [-0.15, -0.1) is 0 Å². The lowest BCUT2D eigenvalue weighted by molar-refractivity contribution is -0.140. The summed E-state index contributed by atoms with van der Waals surface area (Å²) in [6, 6.07) is 0. The summed E-state index contributed by atoms with van der Waals surface area (Å²) in [5, 5.41) is 9.45. The van der Waals surface area contributed by atoms with Gasteiger partial charge in [0.15, 0.2) is 5.78 Å². The zero-order valence-electron chi connectivity index (χ0n) is 10.8. The number of carbonyl (C=O) groups excluding carboxylic acids is 2. The maximum Gasteiger partial charge on any atom is 0.334 e. The van der Waals surface area contributed by atoms with E-state index in [2.05, 4.69) is 6.58 Å². The van der Waals surface area contributed by atoms with E-state index in [9.17, 15) is 14.7 Å². The molecule has 2 aliphatic carbocycles. The van der Waals surface area contributed by atoms with Crippen LogP contribution in [0.3, 0.4) is 0 Å². The summed E-state index contributed by atoms with van der Waals surface area (Å²) in [6.45, 7) is 5.57. The lowest BCUT2D eigenvalue weighted by atomic mass is 9.83. The van der Waals surface area contributed by atoms with E-state index >= 15 is 0 Å². The minimum Gasteiger partial charge on any atom is -0.457 e. The highest BCUT2D eigenvalue weighted by atomic mass is 16.6. The average molecular weight is 260 g/mol. The average Bonchev–Trinajstić information content (AvgIpc) is 2.80. The fraction of sp³-hybridized carbons (Fsp3) is 0.467. The van der Waals surface area contributed by atoms with Crippen LogP contribution in [0.15, 0.2) is 34.9 Å². The maximum absolute atomic E-state index is 12.1. The number of ether oxygens (including phenoxy) is 1. The van der Waals surface area contributed by atoms with E-state index in [-0.39, 0.29) is 36.3 Å². The van der Waals surface area contributed by atoms with Gasteiger partial charge >= 0.3 is 5.97 Å². The van der Waals surface area contributed by atoms with Crippen molar-refractivity contribution in [3.63, 3.8) is 0 Å². The van der Waals surface area contributed by atoms with Gasteiger partial charge in [-0.25, -0.2) is 4.79 Å². The van der Waals surface area contributed by atoms with Crippen LogP contribution in [0.25, 0.3) is 0 Å². The zero-order valence-corrected chi connectivity index (χ0v) is 10.8. The van der Waals surface area contributed by atoms with E-state index in [4.69, 9.17) is 4.74 Å². The van der Waals surface area contributed by atoms with Gasteiger partial charge < -0.3 is 9.84 Å². The molecule has 0 spiro atoms. The molecule has 100 valence electrons. The topological polar surface area (TPSA) is 63.6 Å². The minimum atomic E-state index is -0.378. The van der Waals surface area contributed by atoms with Crippen molar-refractivity contribution in [1.82, 2.24) is 0 Å². The molecule has 19 heavy (non-hydrogen) atoms. The Bertz CT molecular complexity index is 552. The first-order valence-corrected chi connectivity index (χ1v) is 6.49. The van der Waals surface area contributed by atoms with Crippen LogP contribution >= 0.6 is 0 Å². The number of carbonyl (C=O) groups is 2. The van der Waals surface area contributed by atoms with E-state index in [0.29, 0.717) is 16.7 Å². The van der Waals surface area contributed by atoms with Gasteiger partial charge in [0.25, 0.3) is 0 Å². The monoisotopic (exact) mass is 260 g/mol. The number of ketones is 1. The first-order chi connectivity index (χ1) is 9.04. The normalized spacial score (nSPS) is 33.9. The van der Waals surface area contributed by atoms with Crippen LogP contribution < -0.4 is 0 Å². The Labute approximate surface area is 111 Å². The van der Waals surface area contributed by atoms with E-state index in [1.807, 2.05) is 6.92 Å². The Hall–Kier alpha value is -1.68. The van der Waals surface area contributed by atoms with Crippen molar-refractivity contribution in [1.29, 1.82) is 0 Å². The first-order valence-electron chi connectivity index (χ1n) is 6.49. The van der Waals surface area contributed by atoms with Gasteiger partial charge in [0.2, 0.25) is 0 Å².